The monoisotopic (exact) mass is 197 g/mol. The summed E-state index contributed by atoms with van der Waals surface area (Å²) in [6.45, 7) is 3.66. The van der Waals surface area contributed by atoms with E-state index in [1.165, 1.54) is 11.3 Å². The fourth-order valence-electron chi connectivity index (χ4n) is 1.12. The van der Waals surface area contributed by atoms with Gasteiger partial charge in [0.1, 0.15) is 0 Å². The molecule has 1 aliphatic rings. The number of thiophene rings is 1. The molecular formula is C9H11NO2S. The Morgan fingerprint density at radius 3 is 2.77 bits per heavy atom. The lowest BCUT2D eigenvalue weighted by atomic mass is 10.2. The van der Waals surface area contributed by atoms with Gasteiger partial charge in [0.25, 0.3) is 0 Å². The molecule has 0 radical (unpaired) electrons. The first kappa shape index (κ1) is 8.56. The van der Waals surface area contributed by atoms with Gasteiger partial charge in [-0.05, 0) is 25.5 Å². The normalized spacial score (nSPS) is 15.3. The Kier molecular flexibility index (Phi) is 2.22. The van der Waals surface area contributed by atoms with Crippen molar-refractivity contribution in [2.24, 2.45) is 0 Å². The second-order valence-electron chi connectivity index (χ2n) is 3.07. The summed E-state index contributed by atoms with van der Waals surface area (Å²) in [7, 11) is 0. The highest BCUT2D eigenvalue weighted by atomic mass is 32.1. The second kappa shape index (κ2) is 3.38. The molecule has 1 aromatic heterocycles. The van der Waals surface area contributed by atoms with Crippen molar-refractivity contribution in [3.05, 3.63) is 17.0 Å². The van der Waals surface area contributed by atoms with Crippen molar-refractivity contribution in [3.8, 4) is 5.06 Å². The van der Waals surface area contributed by atoms with Gasteiger partial charge in [-0.1, -0.05) is 0 Å². The Labute approximate surface area is 80.9 Å². The number of likely N-dealkylation sites (tertiary alicyclic amines) is 1. The van der Waals surface area contributed by atoms with Crippen molar-refractivity contribution in [2.45, 2.75) is 13.3 Å². The third-order valence-corrected chi connectivity index (χ3v) is 2.90. The van der Waals surface area contributed by atoms with E-state index in [0.29, 0.717) is 5.06 Å². The number of amides is 1. The molecule has 1 aliphatic heterocycles. The lowest BCUT2D eigenvalue weighted by Gasteiger charge is -2.29. The van der Waals surface area contributed by atoms with Gasteiger partial charge in [0, 0.05) is 18.0 Å². The molecule has 0 atom stereocenters. The lowest BCUT2D eigenvalue weighted by Crippen LogP contribution is -2.43. The van der Waals surface area contributed by atoms with E-state index in [1.54, 1.807) is 4.90 Å². The van der Waals surface area contributed by atoms with Gasteiger partial charge >= 0.3 is 6.09 Å². The van der Waals surface area contributed by atoms with E-state index in [-0.39, 0.29) is 6.09 Å². The first-order valence-corrected chi connectivity index (χ1v) is 5.10. The van der Waals surface area contributed by atoms with Crippen molar-refractivity contribution < 1.29 is 9.53 Å². The number of nitrogens with zero attached hydrogens (tertiary/aromatic N) is 1. The molecule has 2 rings (SSSR count). The van der Waals surface area contributed by atoms with Crippen LogP contribution < -0.4 is 4.74 Å². The van der Waals surface area contributed by atoms with E-state index in [9.17, 15) is 4.79 Å². The number of hydrogen-bond donors (Lipinski definition) is 0. The largest absolute Gasteiger partial charge is 0.416 e. The standard InChI is InChI=1S/C9H11NO2S/c1-7-3-4-8(13-7)12-9(11)10-5-2-6-10/h3-4H,2,5-6H2,1H3. The first-order chi connectivity index (χ1) is 6.25. The van der Waals surface area contributed by atoms with Gasteiger partial charge in [0.15, 0.2) is 5.06 Å². The van der Waals surface area contributed by atoms with Crippen molar-refractivity contribution >= 4 is 17.4 Å². The summed E-state index contributed by atoms with van der Waals surface area (Å²) in [5.74, 6) is 0. The highest BCUT2D eigenvalue weighted by molar-refractivity contribution is 7.13. The van der Waals surface area contributed by atoms with Crippen LogP contribution in [0.3, 0.4) is 0 Å². The van der Waals surface area contributed by atoms with E-state index in [1.807, 2.05) is 19.1 Å². The van der Waals surface area contributed by atoms with Crippen LogP contribution in [0.15, 0.2) is 12.1 Å². The fraction of sp³-hybridized carbons (Fsp3) is 0.444. The molecule has 0 N–H and O–H groups in total. The zero-order chi connectivity index (χ0) is 9.26. The smallest absolute Gasteiger partial charge is 0.399 e. The van der Waals surface area contributed by atoms with Crippen LogP contribution in [0, 0.1) is 6.92 Å². The maximum absolute atomic E-state index is 11.3. The summed E-state index contributed by atoms with van der Waals surface area (Å²) in [6.07, 6.45) is 0.881. The Balaban J connectivity index is 1.93. The quantitative estimate of drug-likeness (QED) is 0.691. The van der Waals surface area contributed by atoms with Gasteiger partial charge < -0.3 is 9.64 Å². The minimum atomic E-state index is -0.215. The van der Waals surface area contributed by atoms with E-state index in [2.05, 4.69) is 0 Å². The fourth-order valence-corrected chi connectivity index (χ4v) is 1.82. The summed E-state index contributed by atoms with van der Waals surface area (Å²) in [4.78, 5) is 14.2. The number of aryl methyl sites for hydroxylation is 1. The number of hydrogen-bond acceptors (Lipinski definition) is 3. The van der Waals surface area contributed by atoms with Gasteiger partial charge in [0.05, 0.1) is 0 Å². The van der Waals surface area contributed by atoms with Crippen LogP contribution in [-0.2, 0) is 0 Å². The molecular weight excluding hydrogens is 186 g/mol. The molecule has 0 spiro atoms. The molecule has 0 unspecified atom stereocenters. The summed E-state index contributed by atoms with van der Waals surface area (Å²) >= 11 is 1.50. The highest BCUT2D eigenvalue weighted by Crippen LogP contribution is 2.24. The summed E-state index contributed by atoms with van der Waals surface area (Å²) in [5.41, 5.74) is 0. The number of ether oxygens (including phenoxy) is 1. The van der Waals surface area contributed by atoms with Gasteiger partial charge in [-0.2, -0.15) is 0 Å². The molecule has 3 nitrogen and oxygen atoms in total. The molecule has 1 aromatic rings. The lowest BCUT2D eigenvalue weighted by molar-refractivity contribution is 0.126. The molecule has 13 heavy (non-hydrogen) atoms. The summed E-state index contributed by atoms with van der Waals surface area (Å²) < 4.78 is 5.14. The minimum Gasteiger partial charge on any atom is -0.399 e. The van der Waals surface area contributed by atoms with Gasteiger partial charge in [-0.3, -0.25) is 0 Å². The second-order valence-corrected chi connectivity index (χ2v) is 4.32. The minimum absolute atomic E-state index is 0.215. The number of carbonyl (C=O) groups excluding carboxylic acids is 1. The molecule has 1 fully saturated rings. The summed E-state index contributed by atoms with van der Waals surface area (Å²) in [6, 6.07) is 3.78. The number of rotatable bonds is 1. The molecule has 0 aromatic carbocycles. The van der Waals surface area contributed by atoms with Crippen LogP contribution in [0.5, 0.6) is 5.06 Å². The van der Waals surface area contributed by atoms with Crippen molar-refractivity contribution in [3.63, 3.8) is 0 Å². The number of carbonyl (C=O) groups is 1. The Bertz CT molecular complexity index is 317. The third-order valence-electron chi connectivity index (χ3n) is 2.02. The molecule has 0 saturated carbocycles. The molecule has 1 saturated heterocycles. The van der Waals surface area contributed by atoms with E-state index in [0.717, 1.165) is 24.4 Å². The van der Waals surface area contributed by atoms with Crippen LogP contribution in [-0.4, -0.2) is 24.1 Å². The van der Waals surface area contributed by atoms with Crippen LogP contribution >= 0.6 is 11.3 Å². The third kappa shape index (κ3) is 1.83. The SMILES string of the molecule is Cc1ccc(OC(=O)N2CCC2)s1. The molecule has 70 valence electrons. The van der Waals surface area contributed by atoms with Crippen molar-refractivity contribution in [1.82, 2.24) is 4.90 Å². The van der Waals surface area contributed by atoms with Crippen LogP contribution in [0.1, 0.15) is 11.3 Å². The first-order valence-electron chi connectivity index (χ1n) is 4.29. The Morgan fingerprint density at radius 2 is 2.31 bits per heavy atom. The van der Waals surface area contributed by atoms with Gasteiger partial charge in [-0.25, -0.2) is 4.79 Å². The van der Waals surface area contributed by atoms with Crippen molar-refractivity contribution in [2.75, 3.05) is 13.1 Å². The van der Waals surface area contributed by atoms with Crippen LogP contribution in [0.25, 0.3) is 0 Å². The zero-order valence-corrected chi connectivity index (χ0v) is 8.26. The van der Waals surface area contributed by atoms with Crippen LogP contribution in [0.2, 0.25) is 0 Å². The average molecular weight is 197 g/mol. The summed E-state index contributed by atoms with van der Waals surface area (Å²) in [5, 5.41) is 0.689. The molecule has 1 amide bonds. The Morgan fingerprint density at radius 1 is 1.54 bits per heavy atom. The molecule has 2 heterocycles. The van der Waals surface area contributed by atoms with E-state index in [4.69, 9.17) is 4.74 Å². The van der Waals surface area contributed by atoms with E-state index >= 15 is 0 Å². The van der Waals surface area contributed by atoms with Crippen LogP contribution in [0.4, 0.5) is 4.79 Å². The highest BCUT2D eigenvalue weighted by Gasteiger charge is 2.22. The van der Waals surface area contributed by atoms with Crippen molar-refractivity contribution in [1.29, 1.82) is 0 Å². The zero-order valence-electron chi connectivity index (χ0n) is 7.45. The van der Waals surface area contributed by atoms with E-state index < -0.39 is 0 Å². The Hall–Kier alpha value is -1.03. The molecule has 0 aliphatic carbocycles. The van der Waals surface area contributed by atoms with Gasteiger partial charge in [-0.15, -0.1) is 11.3 Å². The maximum atomic E-state index is 11.3. The predicted molar refractivity (Wildman–Crippen MR) is 51.3 cm³/mol. The predicted octanol–water partition coefficient (Wildman–Crippen LogP) is 2.26. The van der Waals surface area contributed by atoms with Gasteiger partial charge in [0.2, 0.25) is 0 Å². The average Bonchev–Trinajstić information content (AvgIpc) is 2.31. The topological polar surface area (TPSA) is 29.5 Å². The molecule has 4 heteroatoms. The maximum Gasteiger partial charge on any atom is 0.416 e. The molecule has 0 bridgehead atoms.